The Bertz CT molecular complexity index is 1130. The third-order valence-corrected chi connectivity index (χ3v) is 6.19. The summed E-state index contributed by atoms with van der Waals surface area (Å²) in [5.74, 6) is 0.591. The molecule has 5 rings (SSSR count). The first kappa shape index (κ1) is 19.5. The van der Waals surface area contributed by atoms with Crippen molar-refractivity contribution in [2.24, 2.45) is 5.92 Å². The zero-order chi connectivity index (χ0) is 21.4. The Balaban J connectivity index is 1.28. The van der Waals surface area contributed by atoms with E-state index in [1.165, 1.54) is 25.0 Å². The van der Waals surface area contributed by atoms with E-state index in [9.17, 15) is 9.59 Å². The Morgan fingerprint density at radius 2 is 1.97 bits per heavy atom. The molecule has 3 aromatic rings. The molecule has 2 aromatic heterocycles. The number of hydrogen-bond acceptors (Lipinski definition) is 4. The van der Waals surface area contributed by atoms with Crippen LogP contribution < -0.4 is 10.6 Å². The average molecular weight is 419 g/mol. The monoisotopic (exact) mass is 418 g/mol. The predicted octanol–water partition coefficient (Wildman–Crippen LogP) is 3.63. The number of imidazole rings is 1. The topological polar surface area (TPSA) is 93.8 Å². The van der Waals surface area contributed by atoms with Crippen molar-refractivity contribution in [3.63, 3.8) is 0 Å². The first-order valence-electron chi connectivity index (χ1n) is 10.9. The maximum atomic E-state index is 12.5. The first-order valence-corrected chi connectivity index (χ1v) is 10.9. The highest BCUT2D eigenvalue weighted by atomic mass is 16.2. The van der Waals surface area contributed by atoms with Crippen molar-refractivity contribution in [3.05, 3.63) is 48.4 Å². The highest BCUT2D eigenvalue weighted by Gasteiger charge is 2.31. The largest absolute Gasteiger partial charge is 0.328 e. The number of anilines is 2. The van der Waals surface area contributed by atoms with Crippen LogP contribution in [0.4, 0.5) is 11.5 Å². The van der Waals surface area contributed by atoms with Crippen LogP contribution in [0.15, 0.2) is 42.7 Å². The Kier molecular flexibility index (Phi) is 5.05. The fraction of sp³-hybridized carbons (Fsp3) is 0.391. The SMILES string of the molecule is CC(C1CC1)n1nccc1NC(=O)C(=O)Nc1cccc(-c2ncc3n2CCCC3)c1. The predicted molar refractivity (Wildman–Crippen MR) is 118 cm³/mol. The summed E-state index contributed by atoms with van der Waals surface area (Å²) in [6.45, 7) is 3.04. The zero-order valence-corrected chi connectivity index (χ0v) is 17.5. The summed E-state index contributed by atoms with van der Waals surface area (Å²) in [6.07, 6.45) is 9.28. The number of carbonyl (C=O) groups is 2. The summed E-state index contributed by atoms with van der Waals surface area (Å²) in [7, 11) is 0. The van der Waals surface area contributed by atoms with Crippen LogP contribution in [0.5, 0.6) is 0 Å². The third-order valence-electron chi connectivity index (χ3n) is 6.19. The van der Waals surface area contributed by atoms with Crippen molar-refractivity contribution < 1.29 is 9.59 Å². The molecule has 0 radical (unpaired) electrons. The minimum absolute atomic E-state index is 0.200. The summed E-state index contributed by atoms with van der Waals surface area (Å²) in [4.78, 5) is 29.6. The maximum absolute atomic E-state index is 12.5. The van der Waals surface area contributed by atoms with E-state index in [1.807, 2.05) is 24.4 Å². The summed E-state index contributed by atoms with van der Waals surface area (Å²) < 4.78 is 4.02. The molecule has 2 N–H and O–H groups in total. The number of benzene rings is 1. The van der Waals surface area contributed by atoms with E-state index in [4.69, 9.17) is 0 Å². The molecule has 0 spiro atoms. The number of amides is 2. The van der Waals surface area contributed by atoms with Crippen molar-refractivity contribution in [2.45, 2.75) is 51.6 Å². The molecular weight excluding hydrogens is 392 g/mol. The molecule has 2 amide bonds. The van der Waals surface area contributed by atoms with Crippen molar-refractivity contribution in [2.75, 3.05) is 10.6 Å². The molecule has 1 unspecified atom stereocenters. The molecule has 160 valence electrons. The lowest BCUT2D eigenvalue weighted by molar-refractivity contribution is -0.133. The molecule has 1 aromatic carbocycles. The Hall–Kier alpha value is -3.42. The van der Waals surface area contributed by atoms with E-state index in [0.29, 0.717) is 17.4 Å². The lowest BCUT2D eigenvalue weighted by Gasteiger charge is -2.17. The van der Waals surface area contributed by atoms with Gasteiger partial charge in [0.15, 0.2) is 0 Å². The van der Waals surface area contributed by atoms with Crippen LogP contribution in [0, 0.1) is 5.92 Å². The third kappa shape index (κ3) is 3.97. The van der Waals surface area contributed by atoms with Gasteiger partial charge in [-0.05, 0) is 57.1 Å². The molecule has 31 heavy (non-hydrogen) atoms. The minimum atomic E-state index is -0.714. The Morgan fingerprint density at radius 3 is 2.81 bits per heavy atom. The number of fused-ring (bicyclic) bond motifs is 1. The summed E-state index contributed by atoms with van der Waals surface area (Å²) in [6, 6.07) is 9.37. The molecule has 1 saturated carbocycles. The molecule has 2 aliphatic rings. The van der Waals surface area contributed by atoms with Crippen LogP contribution in [-0.2, 0) is 22.6 Å². The van der Waals surface area contributed by atoms with Crippen molar-refractivity contribution in [1.82, 2.24) is 19.3 Å². The lowest BCUT2D eigenvalue weighted by atomic mass is 10.1. The molecule has 8 nitrogen and oxygen atoms in total. The van der Waals surface area contributed by atoms with E-state index >= 15 is 0 Å². The summed E-state index contributed by atoms with van der Waals surface area (Å²) in [5, 5.41) is 9.70. The number of aromatic nitrogens is 4. The van der Waals surface area contributed by atoms with E-state index < -0.39 is 11.8 Å². The Morgan fingerprint density at radius 1 is 1.13 bits per heavy atom. The fourth-order valence-corrected chi connectivity index (χ4v) is 4.28. The van der Waals surface area contributed by atoms with Crippen LogP contribution in [-0.4, -0.2) is 31.1 Å². The van der Waals surface area contributed by atoms with Gasteiger partial charge in [0, 0.05) is 35.8 Å². The van der Waals surface area contributed by atoms with Gasteiger partial charge in [-0.1, -0.05) is 12.1 Å². The molecule has 1 aliphatic heterocycles. The van der Waals surface area contributed by atoms with Crippen LogP contribution in [0.3, 0.4) is 0 Å². The number of aryl methyl sites for hydroxylation is 1. The molecule has 3 heterocycles. The number of nitrogens with one attached hydrogen (secondary N) is 2. The van der Waals surface area contributed by atoms with Gasteiger partial charge in [-0.15, -0.1) is 0 Å². The molecule has 0 saturated heterocycles. The van der Waals surface area contributed by atoms with Crippen LogP contribution in [0.1, 0.15) is 44.3 Å². The molecule has 8 heteroatoms. The second-order valence-corrected chi connectivity index (χ2v) is 8.41. The molecule has 0 bridgehead atoms. The van der Waals surface area contributed by atoms with E-state index in [2.05, 4.69) is 32.2 Å². The summed E-state index contributed by atoms with van der Waals surface area (Å²) >= 11 is 0. The zero-order valence-electron chi connectivity index (χ0n) is 17.5. The van der Waals surface area contributed by atoms with Gasteiger partial charge in [-0.25, -0.2) is 9.67 Å². The van der Waals surface area contributed by atoms with E-state index in [0.717, 1.165) is 30.8 Å². The van der Waals surface area contributed by atoms with E-state index in [-0.39, 0.29) is 6.04 Å². The standard InChI is InChI=1S/C23H26N6O2/c1-15(16-8-9-16)29-20(10-11-25-29)27-23(31)22(30)26-18-6-4-5-17(13-18)21-24-14-19-7-2-3-12-28(19)21/h4-6,10-11,13-16H,2-3,7-9,12H2,1H3,(H,26,30)(H,27,31). The smallest absolute Gasteiger partial charge is 0.315 e. The van der Waals surface area contributed by atoms with Gasteiger partial charge in [-0.2, -0.15) is 5.10 Å². The van der Waals surface area contributed by atoms with Gasteiger partial charge >= 0.3 is 11.8 Å². The molecule has 1 aliphatic carbocycles. The van der Waals surface area contributed by atoms with Crippen LogP contribution >= 0.6 is 0 Å². The number of rotatable bonds is 5. The van der Waals surface area contributed by atoms with Gasteiger partial charge in [0.1, 0.15) is 11.6 Å². The fourth-order valence-electron chi connectivity index (χ4n) is 4.28. The molecular formula is C23H26N6O2. The molecule has 1 atom stereocenters. The second kappa shape index (κ2) is 8.02. The van der Waals surface area contributed by atoms with Gasteiger partial charge in [-0.3, -0.25) is 9.59 Å². The second-order valence-electron chi connectivity index (χ2n) is 8.41. The van der Waals surface area contributed by atoms with Gasteiger partial charge in [0.05, 0.1) is 12.2 Å². The highest BCUT2D eigenvalue weighted by Crippen LogP contribution is 2.40. The molecule has 1 fully saturated rings. The van der Waals surface area contributed by atoms with E-state index in [1.54, 1.807) is 23.0 Å². The van der Waals surface area contributed by atoms with Gasteiger partial charge < -0.3 is 15.2 Å². The van der Waals surface area contributed by atoms with Crippen molar-refractivity contribution in [3.8, 4) is 11.4 Å². The minimum Gasteiger partial charge on any atom is -0.328 e. The van der Waals surface area contributed by atoms with Crippen molar-refractivity contribution >= 4 is 23.3 Å². The maximum Gasteiger partial charge on any atom is 0.315 e. The van der Waals surface area contributed by atoms with Gasteiger partial charge in [0.25, 0.3) is 0 Å². The normalized spacial score (nSPS) is 16.4. The van der Waals surface area contributed by atoms with Crippen LogP contribution in [0.25, 0.3) is 11.4 Å². The van der Waals surface area contributed by atoms with Crippen LogP contribution in [0.2, 0.25) is 0 Å². The lowest BCUT2D eigenvalue weighted by Crippen LogP contribution is -2.30. The average Bonchev–Trinajstić information content (AvgIpc) is 3.38. The number of hydrogen-bond donors (Lipinski definition) is 2. The van der Waals surface area contributed by atoms with Gasteiger partial charge in [0.2, 0.25) is 0 Å². The number of carbonyl (C=O) groups excluding carboxylic acids is 2. The first-order chi connectivity index (χ1) is 15.1. The highest BCUT2D eigenvalue weighted by molar-refractivity contribution is 6.43. The number of nitrogens with zero attached hydrogens (tertiary/aromatic N) is 4. The quantitative estimate of drug-likeness (QED) is 0.619. The summed E-state index contributed by atoms with van der Waals surface area (Å²) in [5.41, 5.74) is 2.72. The Labute approximate surface area is 180 Å². The van der Waals surface area contributed by atoms with Crippen molar-refractivity contribution in [1.29, 1.82) is 0 Å².